The second-order valence-corrected chi connectivity index (χ2v) is 6.35. The summed E-state index contributed by atoms with van der Waals surface area (Å²) in [4.78, 5) is 0. The van der Waals surface area contributed by atoms with Gasteiger partial charge in [0.05, 0.1) is 0 Å². The van der Waals surface area contributed by atoms with Crippen LogP contribution in [-0.2, 0) is 0 Å². The van der Waals surface area contributed by atoms with Gasteiger partial charge in [0.1, 0.15) is 0 Å². The van der Waals surface area contributed by atoms with Crippen LogP contribution in [-0.4, -0.2) is 0 Å². The van der Waals surface area contributed by atoms with Crippen molar-refractivity contribution in [1.29, 1.82) is 0 Å². The first-order valence-electron chi connectivity index (χ1n) is 8.73. The maximum absolute atomic E-state index is 3.38. The lowest BCUT2D eigenvalue weighted by Crippen LogP contribution is -1.86. The third-order valence-corrected chi connectivity index (χ3v) is 4.81. The van der Waals surface area contributed by atoms with Crippen molar-refractivity contribution in [3.63, 3.8) is 0 Å². The van der Waals surface area contributed by atoms with Gasteiger partial charge in [0, 0.05) is 16.5 Å². The molecule has 0 bridgehead atoms. The number of benzene rings is 5. The summed E-state index contributed by atoms with van der Waals surface area (Å²) < 4.78 is 0. The summed E-state index contributed by atoms with van der Waals surface area (Å²) in [6, 6.07) is 34.7. The van der Waals surface area contributed by atoms with Crippen molar-refractivity contribution >= 4 is 32.3 Å². The second-order valence-electron chi connectivity index (χ2n) is 6.35. The topological polar surface area (TPSA) is 0 Å². The van der Waals surface area contributed by atoms with Crippen LogP contribution in [0.2, 0.25) is 0 Å². The van der Waals surface area contributed by atoms with Crippen molar-refractivity contribution < 1.29 is 0 Å². The van der Waals surface area contributed by atoms with Crippen LogP contribution >= 0.6 is 0 Å². The highest BCUT2D eigenvalue weighted by Gasteiger charge is 2.09. The molecule has 0 aromatic heterocycles. The first kappa shape index (κ1) is 14.8. The molecule has 0 aliphatic heterocycles. The van der Waals surface area contributed by atoms with Crippen molar-refractivity contribution in [2.24, 2.45) is 0 Å². The molecule has 0 atom stereocenters. The van der Waals surface area contributed by atoms with Gasteiger partial charge in [-0.1, -0.05) is 90.7 Å². The Morgan fingerprint density at radius 2 is 1.08 bits per heavy atom. The van der Waals surface area contributed by atoms with E-state index in [4.69, 9.17) is 0 Å². The number of fused-ring (bicyclic) bond motifs is 6. The summed E-state index contributed by atoms with van der Waals surface area (Å²) in [5.74, 6) is 6.64. The van der Waals surface area contributed by atoms with Crippen LogP contribution in [0.15, 0.2) is 91.0 Å². The lowest BCUT2D eigenvalue weighted by molar-refractivity contribution is 1.63. The Hall–Kier alpha value is -3.56. The van der Waals surface area contributed by atoms with Gasteiger partial charge < -0.3 is 0 Å². The molecule has 0 saturated heterocycles. The minimum atomic E-state index is 0.912. The average Bonchev–Trinajstić information content (AvgIpc) is 2.73. The second kappa shape index (κ2) is 6.06. The van der Waals surface area contributed by atoms with Crippen molar-refractivity contribution in [3.05, 3.63) is 108 Å². The van der Waals surface area contributed by atoms with Gasteiger partial charge in [0.15, 0.2) is 0 Å². The molecule has 0 saturated carbocycles. The minimum Gasteiger partial charge on any atom is -0.0616 e. The summed E-state index contributed by atoms with van der Waals surface area (Å²) in [5.41, 5.74) is 1.97. The molecule has 0 aliphatic rings. The third-order valence-electron chi connectivity index (χ3n) is 4.81. The van der Waals surface area contributed by atoms with Gasteiger partial charge in [-0.05, 0) is 45.1 Å². The van der Waals surface area contributed by atoms with Crippen molar-refractivity contribution in [3.8, 4) is 11.8 Å². The fraction of sp³-hybridized carbons (Fsp3) is 0. The van der Waals surface area contributed by atoms with E-state index in [1.54, 1.807) is 0 Å². The fourth-order valence-corrected chi connectivity index (χ4v) is 3.67. The molecular weight excluding hydrogens is 312 g/mol. The Morgan fingerprint density at radius 3 is 1.73 bits per heavy atom. The van der Waals surface area contributed by atoms with Crippen molar-refractivity contribution in [2.45, 2.75) is 0 Å². The monoisotopic (exact) mass is 327 g/mol. The molecule has 0 heteroatoms. The lowest BCUT2D eigenvalue weighted by Gasteiger charge is -2.11. The van der Waals surface area contributed by atoms with Crippen molar-refractivity contribution in [2.75, 3.05) is 0 Å². The van der Waals surface area contributed by atoms with Crippen LogP contribution in [0.25, 0.3) is 32.3 Å². The zero-order valence-electron chi connectivity index (χ0n) is 14.2. The van der Waals surface area contributed by atoms with E-state index < -0.39 is 0 Å². The molecule has 0 heterocycles. The molecule has 5 rings (SSSR count). The molecule has 0 amide bonds. The first-order valence-corrected chi connectivity index (χ1v) is 8.73. The quantitative estimate of drug-likeness (QED) is 0.230. The van der Waals surface area contributed by atoms with E-state index in [-0.39, 0.29) is 0 Å². The first-order chi connectivity index (χ1) is 12.9. The zero-order valence-corrected chi connectivity index (χ0v) is 14.2. The maximum atomic E-state index is 3.38. The van der Waals surface area contributed by atoms with Crippen LogP contribution < -0.4 is 0 Å². The number of hydrogen-bond acceptors (Lipinski definition) is 0. The summed E-state index contributed by atoms with van der Waals surface area (Å²) in [6.45, 7) is 0. The summed E-state index contributed by atoms with van der Waals surface area (Å²) in [6.07, 6.45) is 0. The molecule has 0 nitrogen and oxygen atoms in total. The Bertz CT molecular complexity index is 1270. The molecule has 0 spiro atoms. The van der Waals surface area contributed by atoms with Gasteiger partial charge in [-0.15, -0.1) is 0 Å². The molecular formula is C26H15. The van der Waals surface area contributed by atoms with Gasteiger partial charge in [0.25, 0.3) is 0 Å². The third kappa shape index (κ3) is 2.34. The minimum absolute atomic E-state index is 0.912. The maximum Gasteiger partial charge on any atom is 0.0333 e. The highest BCUT2D eigenvalue weighted by molar-refractivity contribution is 6.26. The Labute approximate surface area is 152 Å². The molecule has 5 aromatic carbocycles. The molecule has 0 unspecified atom stereocenters. The van der Waals surface area contributed by atoms with E-state index in [9.17, 15) is 0 Å². The molecule has 1 radical (unpaired) electrons. The lowest BCUT2D eigenvalue weighted by atomic mass is 9.92. The van der Waals surface area contributed by atoms with E-state index in [0.29, 0.717) is 0 Å². The fourth-order valence-electron chi connectivity index (χ4n) is 3.67. The van der Waals surface area contributed by atoms with Crippen LogP contribution in [0.3, 0.4) is 0 Å². The summed E-state index contributed by atoms with van der Waals surface area (Å²) in [7, 11) is 0. The van der Waals surface area contributed by atoms with Gasteiger partial charge in [0.2, 0.25) is 0 Å². The molecule has 0 N–H and O–H groups in total. The van der Waals surface area contributed by atoms with Crippen LogP contribution in [0.1, 0.15) is 11.1 Å². The zero-order chi connectivity index (χ0) is 17.3. The highest BCUT2D eigenvalue weighted by atomic mass is 14.1. The molecule has 0 aliphatic carbocycles. The van der Waals surface area contributed by atoms with Crippen LogP contribution in [0.4, 0.5) is 0 Å². The van der Waals surface area contributed by atoms with Crippen molar-refractivity contribution in [1.82, 2.24) is 0 Å². The number of hydrogen-bond donors (Lipinski definition) is 0. The van der Waals surface area contributed by atoms with E-state index in [0.717, 1.165) is 11.1 Å². The van der Waals surface area contributed by atoms with E-state index in [2.05, 4.69) is 84.6 Å². The molecule has 119 valence electrons. The highest BCUT2D eigenvalue weighted by Crippen LogP contribution is 2.36. The summed E-state index contributed by atoms with van der Waals surface area (Å²) in [5, 5.41) is 7.57. The molecule has 5 aromatic rings. The van der Waals surface area contributed by atoms with Crippen LogP contribution in [0, 0.1) is 17.9 Å². The Kier molecular flexibility index (Phi) is 3.44. The smallest absolute Gasteiger partial charge is 0.0333 e. The van der Waals surface area contributed by atoms with Crippen LogP contribution in [0.5, 0.6) is 0 Å². The molecule has 26 heavy (non-hydrogen) atoms. The Morgan fingerprint density at radius 1 is 0.500 bits per heavy atom. The molecule has 0 fully saturated rings. The van der Waals surface area contributed by atoms with Gasteiger partial charge in [-0.3, -0.25) is 0 Å². The predicted molar refractivity (Wildman–Crippen MR) is 110 cm³/mol. The van der Waals surface area contributed by atoms with E-state index >= 15 is 0 Å². The average molecular weight is 327 g/mol. The number of rotatable bonds is 0. The normalized spacial score (nSPS) is 10.8. The standard InChI is InChI=1S/C26H15/c1-2-9-19(10-3-1)17-18-20-11-8-16-25-23-13-5-4-12-21(23)22-14-6-7-15-24(22)26(20)25/h1-9,11-16H. The SMILES string of the molecule is C(#Cc1cccc2c3ccccc3c3ccccc3c12)c1[c]cccc1. The summed E-state index contributed by atoms with van der Waals surface area (Å²) >= 11 is 0. The predicted octanol–water partition coefficient (Wildman–Crippen LogP) is 6.35. The largest absolute Gasteiger partial charge is 0.0616 e. The van der Waals surface area contributed by atoms with Gasteiger partial charge in [-0.2, -0.15) is 0 Å². The van der Waals surface area contributed by atoms with E-state index in [1.165, 1.54) is 32.3 Å². The Balaban J connectivity index is 1.91. The van der Waals surface area contributed by atoms with Gasteiger partial charge in [-0.25, -0.2) is 0 Å². The van der Waals surface area contributed by atoms with Gasteiger partial charge >= 0.3 is 0 Å². The van der Waals surface area contributed by atoms with E-state index in [1.807, 2.05) is 24.3 Å².